The molecule has 0 aliphatic carbocycles. The van der Waals surface area contributed by atoms with E-state index >= 15 is 0 Å². The Bertz CT molecular complexity index is 1090. The molecule has 0 bridgehead atoms. The Balaban J connectivity index is 1.57. The van der Waals surface area contributed by atoms with E-state index in [1.807, 2.05) is 26.0 Å². The zero-order valence-corrected chi connectivity index (χ0v) is 19.1. The number of nitrogens with zero attached hydrogens (tertiary/aromatic N) is 3. The zero-order chi connectivity index (χ0) is 23.1. The van der Waals surface area contributed by atoms with Crippen LogP contribution < -0.4 is 5.32 Å². The number of aryl methyl sites for hydroxylation is 1. The Morgan fingerprint density at radius 1 is 1.34 bits per heavy atom. The van der Waals surface area contributed by atoms with Gasteiger partial charge in [0.15, 0.2) is 5.76 Å². The summed E-state index contributed by atoms with van der Waals surface area (Å²) in [6.45, 7) is 5.02. The first-order valence-electron chi connectivity index (χ1n) is 9.67. The minimum absolute atomic E-state index is 0.0323. The summed E-state index contributed by atoms with van der Waals surface area (Å²) in [5.74, 6) is 1.41. The first-order chi connectivity index (χ1) is 15.3. The van der Waals surface area contributed by atoms with E-state index in [9.17, 15) is 14.7 Å². The summed E-state index contributed by atoms with van der Waals surface area (Å²) in [5.41, 5.74) is 1.65. The number of aromatic nitrogens is 2. The molecule has 2 atom stereocenters. The van der Waals surface area contributed by atoms with Crippen molar-refractivity contribution in [2.24, 2.45) is 0 Å². The lowest BCUT2D eigenvalue weighted by molar-refractivity contribution is -0.384. The number of nitro groups is 1. The third-order valence-electron chi connectivity index (χ3n) is 4.40. The van der Waals surface area contributed by atoms with Crippen LogP contribution in [0, 0.1) is 17.0 Å². The number of thioether (sulfide) groups is 1. The van der Waals surface area contributed by atoms with E-state index in [4.69, 9.17) is 13.7 Å². The molecule has 11 nitrogen and oxygen atoms in total. The first-order valence-corrected chi connectivity index (χ1v) is 11.7. The molecule has 32 heavy (non-hydrogen) atoms. The van der Waals surface area contributed by atoms with Gasteiger partial charge >= 0.3 is 8.25 Å². The third-order valence-corrected chi connectivity index (χ3v) is 5.79. The second kappa shape index (κ2) is 11.3. The second-order valence-electron chi connectivity index (χ2n) is 6.81. The van der Waals surface area contributed by atoms with E-state index in [1.54, 1.807) is 6.07 Å². The van der Waals surface area contributed by atoms with Gasteiger partial charge in [-0.3, -0.25) is 10.1 Å². The predicted octanol–water partition coefficient (Wildman–Crippen LogP) is 4.55. The van der Waals surface area contributed by atoms with Crippen LogP contribution in [0.25, 0.3) is 11.7 Å². The highest BCUT2D eigenvalue weighted by atomic mass is 32.2. The van der Waals surface area contributed by atoms with Crippen molar-refractivity contribution in [2.45, 2.75) is 37.3 Å². The van der Waals surface area contributed by atoms with Gasteiger partial charge in [-0.25, -0.2) is 0 Å². The smallest absolute Gasteiger partial charge is 0.454 e. The molecule has 2 unspecified atom stereocenters. The van der Waals surface area contributed by atoms with Gasteiger partial charge in [-0.2, -0.15) is 0 Å². The van der Waals surface area contributed by atoms with Crippen LogP contribution in [0.5, 0.6) is 0 Å². The molecule has 1 aromatic carbocycles. The van der Waals surface area contributed by atoms with Crippen molar-refractivity contribution in [3.05, 3.63) is 57.3 Å². The van der Waals surface area contributed by atoms with Crippen molar-refractivity contribution < 1.29 is 27.7 Å². The van der Waals surface area contributed by atoms with Crippen LogP contribution in [-0.2, 0) is 15.6 Å². The largest absolute Gasteiger partial charge is 0.694 e. The molecule has 0 fully saturated rings. The van der Waals surface area contributed by atoms with Crippen molar-refractivity contribution in [3.8, 4) is 11.7 Å². The Morgan fingerprint density at radius 3 is 2.91 bits per heavy atom. The standard InChI is InChI=1S/C19H21N4O7PS/c1-12-9-16(11-20-7-4-8-28-31(26)27)29-17(12)18-21-22-19(30-18)32-13(2)14-5-3-6-15(10-14)23(24)25/h3,5-6,9-10,13,20H,4,7-8,11H2,1-2H3/p+1. The minimum Gasteiger partial charge on any atom is -0.454 e. The van der Waals surface area contributed by atoms with Crippen molar-refractivity contribution in [3.63, 3.8) is 0 Å². The molecule has 0 spiro atoms. The molecule has 0 aliphatic heterocycles. The summed E-state index contributed by atoms with van der Waals surface area (Å²) in [6.07, 6.45) is 0.585. The average Bonchev–Trinajstić information content (AvgIpc) is 3.36. The molecule has 170 valence electrons. The predicted molar refractivity (Wildman–Crippen MR) is 116 cm³/mol. The first kappa shape index (κ1) is 24.0. The number of nitrogens with one attached hydrogen (secondary N) is 1. The zero-order valence-electron chi connectivity index (χ0n) is 17.4. The maximum atomic E-state index is 11.0. The molecule has 13 heteroatoms. The Hall–Kier alpha value is -2.63. The highest BCUT2D eigenvalue weighted by molar-refractivity contribution is 7.99. The van der Waals surface area contributed by atoms with Crippen LogP contribution >= 0.6 is 20.0 Å². The van der Waals surface area contributed by atoms with Crippen molar-refractivity contribution in [1.82, 2.24) is 15.5 Å². The molecule has 0 saturated heterocycles. The van der Waals surface area contributed by atoms with Crippen LogP contribution in [0.4, 0.5) is 5.69 Å². The maximum Gasteiger partial charge on any atom is 0.694 e. The normalized spacial score (nSPS) is 12.7. The van der Waals surface area contributed by atoms with E-state index in [0.717, 1.165) is 11.1 Å². The molecule has 0 saturated carbocycles. The van der Waals surface area contributed by atoms with Gasteiger partial charge in [-0.15, -0.1) is 19.6 Å². The van der Waals surface area contributed by atoms with Crippen molar-refractivity contribution in [2.75, 3.05) is 13.2 Å². The van der Waals surface area contributed by atoms with Gasteiger partial charge in [0.25, 0.3) is 16.8 Å². The molecule has 3 aromatic rings. The van der Waals surface area contributed by atoms with Gasteiger partial charge in [0.05, 0.1) is 11.5 Å². The van der Waals surface area contributed by atoms with Crippen LogP contribution in [0.3, 0.4) is 0 Å². The van der Waals surface area contributed by atoms with E-state index in [1.165, 1.54) is 23.9 Å². The molecular weight excluding hydrogens is 459 g/mol. The number of rotatable bonds is 12. The summed E-state index contributed by atoms with van der Waals surface area (Å²) in [4.78, 5) is 19.1. The summed E-state index contributed by atoms with van der Waals surface area (Å²) in [5, 5.41) is 22.5. The summed E-state index contributed by atoms with van der Waals surface area (Å²) >= 11 is 1.30. The topological polar surface area (TPSA) is 154 Å². The Morgan fingerprint density at radius 2 is 2.16 bits per heavy atom. The quantitative estimate of drug-likeness (QED) is 0.123. The number of nitro benzene ring substituents is 1. The molecule has 2 aromatic heterocycles. The maximum absolute atomic E-state index is 11.0. The van der Waals surface area contributed by atoms with Gasteiger partial charge in [-0.05, 0) is 38.4 Å². The van der Waals surface area contributed by atoms with Crippen molar-refractivity contribution >= 4 is 25.7 Å². The van der Waals surface area contributed by atoms with Gasteiger partial charge in [0.2, 0.25) is 0 Å². The molecular formula is C19H22N4O7PS+. The molecule has 0 radical (unpaired) electrons. The Labute approximate surface area is 188 Å². The summed E-state index contributed by atoms with van der Waals surface area (Å²) < 4.78 is 26.6. The van der Waals surface area contributed by atoms with Crippen LogP contribution in [0.2, 0.25) is 0 Å². The molecule has 0 aliphatic rings. The minimum atomic E-state index is -2.56. The van der Waals surface area contributed by atoms with Crippen LogP contribution in [-0.4, -0.2) is 33.2 Å². The lowest BCUT2D eigenvalue weighted by Crippen LogP contribution is -2.15. The third kappa shape index (κ3) is 6.68. The molecule has 2 N–H and O–H groups in total. The monoisotopic (exact) mass is 481 g/mol. The number of benzene rings is 1. The highest BCUT2D eigenvalue weighted by Crippen LogP contribution is 2.37. The second-order valence-corrected chi connectivity index (χ2v) is 8.84. The molecule has 3 rings (SSSR count). The SMILES string of the molecule is Cc1cc(CNCCCO[P+](=O)O)oc1-c1nnc(SC(C)c2cccc([N+](=O)[O-])c2)o1. The number of hydrogen-bond acceptors (Lipinski definition) is 10. The average molecular weight is 481 g/mol. The summed E-state index contributed by atoms with van der Waals surface area (Å²) in [6, 6.07) is 8.30. The highest BCUT2D eigenvalue weighted by Gasteiger charge is 2.20. The number of hydrogen-bond donors (Lipinski definition) is 2. The van der Waals surface area contributed by atoms with E-state index < -0.39 is 13.2 Å². The van der Waals surface area contributed by atoms with E-state index in [2.05, 4.69) is 20.0 Å². The lowest BCUT2D eigenvalue weighted by Gasteiger charge is -2.08. The number of furan rings is 1. The van der Waals surface area contributed by atoms with E-state index in [-0.39, 0.29) is 23.4 Å². The van der Waals surface area contributed by atoms with Gasteiger partial charge in [-0.1, -0.05) is 23.9 Å². The molecule has 2 heterocycles. The summed E-state index contributed by atoms with van der Waals surface area (Å²) in [7, 11) is -2.56. The van der Waals surface area contributed by atoms with Gasteiger partial charge in [0.1, 0.15) is 12.4 Å². The van der Waals surface area contributed by atoms with E-state index in [0.29, 0.717) is 36.3 Å². The van der Waals surface area contributed by atoms with Crippen LogP contribution in [0.1, 0.15) is 35.5 Å². The van der Waals surface area contributed by atoms with Crippen molar-refractivity contribution in [1.29, 1.82) is 0 Å². The molecule has 0 amide bonds. The van der Waals surface area contributed by atoms with Gasteiger partial charge in [0, 0.05) is 27.5 Å². The van der Waals surface area contributed by atoms with Gasteiger partial charge < -0.3 is 14.2 Å². The lowest BCUT2D eigenvalue weighted by atomic mass is 10.1. The fourth-order valence-electron chi connectivity index (χ4n) is 2.86. The van der Waals surface area contributed by atoms with Crippen LogP contribution in [0.15, 0.2) is 44.4 Å². The fraction of sp³-hybridized carbons (Fsp3) is 0.368. The fourth-order valence-corrected chi connectivity index (χ4v) is 3.94. The number of non-ortho nitro benzene ring substituents is 1. The Kier molecular flexibility index (Phi) is 8.48.